The number of carbonyl (C=O) groups excluding carboxylic acids is 1. The Morgan fingerprint density at radius 1 is 1.11 bits per heavy atom. The van der Waals surface area contributed by atoms with Crippen molar-refractivity contribution in [2.75, 3.05) is 39.0 Å². The van der Waals surface area contributed by atoms with Gasteiger partial charge in [-0.15, -0.1) is 0 Å². The highest BCUT2D eigenvalue weighted by atomic mass is 32.2. The van der Waals surface area contributed by atoms with Gasteiger partial charge in [-0.25, -0.2) is 23.0 Å². The minimum Gasteiger partial charge on any atom is -0.305 e. The molecule has 1 aromatic carbocycles. The third kappa shape index (κ3) is 5.24. The molecule has 2 heterocycles. The fourth-order valence-electron chi connectivity index (χ4n) is 3.34. The number of sulfonamides is 1. The topological polar surface area (TPSA) is 84.2 Å². The molecular weight excluding hydrogens is 364 g/mol. The minimum absolute atomic E-state index is 0.0849. The summed E-state index contributed by atoms with van der Waals surface area (Å²) in [4.78, 5) is 19.0. The highest BCUT2D eigenvalue weighted by Crippen LogP contribution is 2.18. The largest absolute Gasteiger partial charge is 0.305 e. The Bertz CT molecular complexity index is 821. The number of likely N-dealkylation sites (N-methyl/N-ethyl adjacent to an activating group) is 1. The highest BCUT2D eigenvalue weighted by Gasteiger charge is 2.33. The van der Waals surface area contributed by atoms with Crippen LogP contribution in [0.5, 0.6) is 0 Å². The van der Waals surface area contributed by atoms with E-state index >= 15 is 0 Å². The van der Waals surface area contributed by atoms with Crippen molar-refractivity contribution in [1.82, 2.24) is 14.5 Å². The van der Waals surface area contributed by atoms with Gasteiger partial charge in [-0.3, -0.25) is 4.79 Å². The summed E-state index contributed by atoms with van der Waals surface area (Å²) in [7, 11) is -1.56. The Kier molecular flexibility index (Phi) is 6.41. The van der Waals surface area contributed by atoms with E-state index < -0.39 is 15.9 Å². The first kappa shape index (κ1) is 19.7. The zero-order chi connectivity index (χ0) is 19.3. The SMILES string of the molecule is CN1CCCN(S(=O)(=O)C[C@@H](Cc2ccccc2)C(=O)C2=NC=C[N]2)CC1. The number of rotatable bonds is 7. The first-order chi connectivity index (χ1) is 13.0. The predicted octanol–water partition coefficient (Wildman–Crippen LogP) is 0.869. The summed E-state index contributed by atoms with van der Waals surface area (Å²) in [6.07, 6.45) is 4.04. The number of hydrogen-bond donors (Lipinski definition) is 0. The van der Waals surface area contributed by atoms with Gasteiger partial charge in [-0.2, -0.15) is 0 Å². The number of hydrogen-bond acceptors (Lipinski definition) is 5. The van der Waals surface area contributed by atoms with Crippen molar-refractivity contribution < 1.29 is 13.2 Å². The standard InChI is InChI=1S/C19H25N4O3S/c1-22-10-5-11-23(13-12-22)27(25,26)15-17(14-16-6-3-2-4-7-16)18(24)19-20-8-9-21-19/h2-4,6-9,17H,5,10-15H2,1H3/t17-/m1/s1. The van der Waals surface area contributed by atoms with Gasteiger partial charge >= 0.3 is 0 Å². The van der Waals surface area contributed by atoms with Crippen molar-refractivity contribution in [3.63, 3.8) is 0 Å². The quantitative estimate of drug-likeness (QED) is 0.693. The molecule has 0 spiro atoms. The Morgan fingerprint density at radius 2 is 1.89 bits per heavy atom. The van der Waals surface area contributed by atoms with Crippen LogP contribution in [-0.2, 0) is 21.2 Å². The molecule has 3 rings (SSSR count). The van der Waals surface area contributed by atoms with Crippen LogP contribution >= 0.6 is 0 Å². The second-order valence-electron chi connectivity index (χ2n) is 6.97. The maximum absolute atomic E-state index is 13.0. The van der Waals surface area contributed by atoms with E-state index in [4.69, 9.17) is 0 Å². The van der Waals surface area contributed by atoms with Crippen molar-refractivity contribution in [3.8, 4) is 0 Å². The Balaban J connectivity index is 1.78. The van der Waals surface area contributed by atoms with Crippen LogP contribution in [0.3, 0.4) is 0 Å². The molecule has 27 heavy (non-hydrogen) atoms. The average molecular weight is 390 g/mol. The van der Waals surface area contributed by atoms with E-state index in [0.29, 0.717) is 26.1 Å². The third-order valence-corrected chi connectivity index (χ3v) is 6.84. The van der Waals surface area contributed by atoms with Gasteiger partial charge in [-0.05, 0) is 32.0 Å². The van der Waals surface area contributed by atoms with Gasteiger partial charge < -0.3 is 4.90 Å². The zero-order valence-corrected chi connectivity index (χ0v) is 16.3. The van der Waals surface area contributed by atoms with Gasteiger partial charge in [0.25, 0.3) is 0 Å². The molecule has 1 aromatic rings. The van der Waals surface area contributed by atoms with E-state index in [9.17, 15) is 13.2 Å². The lowest BCUT2D eigenvalue weighted by Crippen LogP contribution is -2.41. The molecule has 0 unspecified atom stereocenters. The van der Waals surface area contributed by atoms with Crippen LogP contribution in [0.1, 0.15) is 12.0 Å². The Labute approximate surface area is 160 Å². The molecule has 0 amide bonds. The lowest BCUT2D eigenvalue weighted by Gasteiger charge is -2.23. The van der Waals surface area contributed by atoms with E-state index in [2.05, 4.69) is 15.2 Å². The molecule has 2 aliphatic rings. The molecule has 1 fully saturated rings. The summed E-state index contributed by atoms with van der Waals surface area (Å²) in [6.45, 7) is 2.52. The molecular formula is C19H25N4O3S. The summed E-state index contributed by atoms with van der Waals surface area (Å²) >= 11 is 0. The maximum atomic E-state index is 13.0. The number of carbonyl (C=O) groups is 1. The van der Waals surface area contributed by atoms with Crippen LogP contribution in [0.15, 0.2) is 47.7 Å². The number of nitrogens with zero attached hydrogens (tertiary/aromatic N) is 4. The molecule has 8 heteroatoms. The van der Waals surface area contributed by atoms with Gasteiger partial charge in [0.2, 0.25) is 15.8 Å². The Morgan fingerprint density at radius 3 is 2.59 bits per heavy atom. The first-order valence-electron chi connectivity index (χ1n) is 9.14. The maximum Gasteiger partial charge on any atom is 0.214 e. The van der Waals surface area contributed by atoms with Crippen LogP contribution < -0.4 is 5.32 Å². The number of aliphatic imine (C=N–C) groups is 1. The normalized spacial score (nSPS) is 20.0. The molecule has 1 saturated heterocycles. The monoisotopic (exact) mass is 389 g/mol. The fraction of sp³-hybridized carbons (Fsp3) is 0.474. The molecule has 0 N–H and O–H groups in total. The van der Waals surface area contributed by atoms with E-state index in [1.807, 2.05) is 37.4 Å². The summed E-state index contributed by atoms with van der Waals surface area (Å²) in [5.74, 6) is -1.17. The fourth-order valence-corrected chi connectivity index (χ4v) is 5.09. The van der Waals surface area contributed by atoms with E-state index in [1.165, 1.54) is 16.7 Å². The summed E-state index contributed by atoms with van der Waals surface area (Å²) in [5.41, 5.74) is 0.924. The van der Waals surface area contributed by atoms with E-state index in [-0.39, 0.29) is 17.4 Å². The summed E-state index contributed by atoms with van der Waals surface area (Å²) in [6, 6.07) is 9.47. The Hall–Kier alpha value is -2.03. The minimum atomic E-state index is -3.56. The second kappa shape index (κ2) is 8.77. The molecule has 145 valence electrons. The zero-order valence-electron chi connectivity index (χ0n) is 15.5. The molecule has 0 aliphatic carbocycles. The van der Waals surface area contributed by atoms with Crippen LogP contribution in [0.25, 0.3) is 0 Å². The predicted molar refractivity (Wildman–Crippen MR) is 105 cm³/mol. The van der Waals surface area contributed by atoms with Gasteiger partial charge in [0.1, 0.15) is 0 Å². The van der Waals surface area contributed by atoms with Crippen LogP contribution in [0, 0.1) is 5.92 Å². The van der Waals surface area contributed by atoms with Crippen molar-refractivity contribution in [2.45, 2.75) is 12.8 Å². The first-order valence-corrected chi connectivity index (χ1v) is 10.7. The lowest BCUT2D eigenvalue weighted by molar-refractivity contribution is -0.116. The average Bonchev–Trinajstić information content (AvgIpc) is 3.09. The second-order valence-corrected chi connectivity index (χ2v) is 8.98. The van der Waals surface area contributed by atoms with Gasteiger partial charge in [0.15, 0.2) is 5.84 Å². The van der Waals surface area contributed by atoms with Crippen molar-refractivity contribution in [2.24, 2.45) is 10.9 Å². The van der Waals surface area contributed by atoms with Crippen molar-refractivity contribution >= 4 is 21.6 Å². The van der Waals surface area contributed by atoms with Crippen LogP contribution in [-0.4, -0.2) is 68.2 Å². The summed E-state index contributed by atoms with van der Waals surface area (Å²) < 4.78 is 27.6. The van der Waals surface area contributed by atoms with E-state index in [1.54, 1.807) is 0 Å². The van der Waals surface area contributed by atoms with Crippen molar-refractivity contribution in [1.29, 1.82) is 0 Å². The molecule has 0 bridgehead atoms. The van der Waals surface area contributed by atoms with Gasteiger partial charge in [0, 0.05) is 38.0 Å². The molecule has 2 aliphatic heterocycles. The molecule has 0 saturated carbocycles. The molecule has 1 radical (unpaired) electrons. The molecule has 0 aromatic heterocycles. The third-order valence-electron chi connectivity index (χ3n) is 4.86. The van der Waals surface area contributed by atoms with Crippen LogP contribution in [0.2, 0.25) is 0 Å². The van der Waals surface area contributed by atoms with Gasteiger partial charge in [-0.1, -0.05) is 30.3 Å². The van der Waals surface area contributed by atoms with Crippen LogP contribution in [0.4, 0.5) is 0 Å². The number of Topliss-reactive ketones (excluding diaryl/α,β-unsaturated/α-hetero) is 1. The van der Waals surface area contributed by atoms with E-state index in [0.717, 1.165) is 18.5 Å². The summed E-state index contributed by atoms with van der Waals surface area (Å²) in [5, 5.41) is 3.97. The lowest BCUT2D eigenvalue weighted by atomic mass is 9.96. The smallest absolute Gasteiger partial charge is 0.214 e. The number of benzene rings is 1. The highest BCUT2D eigenvalue weighted by molar-refractivity contribution is 7.89. The number of amidine groups is 1. The molecule has 7 nitrogen and oxygen atoms in total. The number of ketones is 1. The van der Waals surface area contributed by atoms with Crippen molar-refractivity contribution in [3.05, 3.63) is 48.3 Å². The molecule has 1 atom stereocenters. The van der Waals surface area contributed by atoms with Gasteiger partial charge in [0.05, 0.1) is 5.75 Å².